The Balaban J connectivity index is 2.19. The first-order valence-electron chi connectivity index (χ1n) is 6.57. The summed E-state index contributed by atoms with van der Waals surface area (Å²) in [6.45, 7) is 0. The Hall–Kier alpha value is -1.47. The average Bonchev–Trinajstić information content (AvgIpc) is 2.89. The molecule has 4 nitrogen and oxygen atoms in total. The van der Waals surface area contributed by atoms with Crippen LogP contribution >= 0.6 is 11.6 Å². The number of nitrogens with zero attached hydrogens (tertiary/aromatic N) is 1. The highest BCUT2D eigenvalue weighted by Gasteiger charge is 2.31. The van der Waals surface area contributed by atoms with Gasteiger partial charge in [0.1, 0.15) is 0 Å². The third kappa shape index (κ3) is 4.50. The molecule has 0 bridgehead atoms. The number of hydrazine groups is 1. The van der Waals surface area contributed by atoms with Crippen LogP contribution in [0.4, 0.5) is 18.9 Å². The number of alkyl halides is 3. The number of nitrogens with one attached hydrogen (secondary N) is 2. The number of halogens is 4. The Kier molecular flexibility index (Phi) is 4.95. The molecule has 0 atom stereocenters. The third-order valence-electron chi connectivity index (χ3n) is 3.26. The second-order valence-electron chi connectivity index (χ2n) is 4.91. The largest absolute Gasteiger partial charge is 0.416 e. The van der Waals surface area contributed by atoms with E-state index in [0.717, 1.165) is 37.8 Å². The highest BCUT2D eigenvalue weighted by atomic mass is 35.5. The molecule has 0 spiro atoms. The smallest absolute Gasteiger partial charge is 0.325 e. The van der Waals surface area contributed by atoms with E-state index in [2.05, 4.69) is 15.7 Å². The van der Waals surface area contributed by atoms with Gasteiger partial charge >= 0.3 is 6.18 Å². The van der Waals surface area contributed by atoms with Crippen molar-refractivity contribution in [1.29, 1.82) is 0 Å². The lowest BCUT2D eigenvalue weighted by Crippen LogP contribution is -2.37. The second-order valence-corrected chi connectivity index (χ2v) is 5.35. The number of aliphatic imine (C=N–C) groups is 1. The van der Waals surface area contributed by atoms with Crippen LogP contribution in [0.2, 0.25) is 5.02 Å². The van der Waals surface area contributed by atoms with Gasteiger partial charge in [0.25, 0.3) is 0 Å². The second kappa shape index (κ2) is 6.53. The molecule has 1 fully saturated rings. The van der Waals surface area contributed by atoms with Crippen molar-refractivity contribution < 1.29 is 13.2 Å². The van der Waals surface area contributed by atoms with Crippen molar-refractivity contribution in [2.45, 2.75) is 37.9 Å². The Morgan fingerprint density at radius 1 is 1.24 bits per heavy atom. The van der Waals surface area contributed by atoms with Gasteiger partial charge in [0.15, 0.2) is 0 Å². The van der Waals surface area contributed by atoms with Crippen LogP contribution in [0.15, 0.2) is 23.2 Å². The van der Waals surface area contributed by atoms with E-state index in [9.17, 15) is 13.2 Å². The SMILES string of the molecule is NNC(=NC1CCCC1)Nc1cc(Cl)cc(C(F)(F)F)c1. The fourth-order valence-electron chi connectivity index (χ4n) is 2.28. The topological polar surface area (TPSA) is 62.4 Å². The van der Waals surface area contributed by atoms with E-state index in [-0.39, 0.29) is 22.7 Å². The molecule has 0 amide bonds. The highest BCUT2D eigenvalue weighted by Crippen LogP contribution is 2.33. The number of benzene rings is 1. The van der Waals surface area contributed by atoms with E-state index in [1.54, 1.807) is 0 Å². The van der Waals surface area contributed by atoms with Crippen molar-refractivity contribution in [1.82, 2.24) is 5.43 Å². The minimum absolute atomic E-state index is 0.00966. The van der Waals surface area contributed by atoms with Crippen LogP contribution in [0.1, 0.15) is 31.2 Å². The van der Waals surface area contributed by atoms with Crippen molar-refractivity contribution in [2.75, 3.05) is 5.32 Å². The van der Waals surface area contributed by atoms with Gasteiger partial charge in [-0.25, -0.2) is 10.8 Å². The summed E-state index contributed by atoms with van der Waals surface area (Å²) in [5.41, 5.74) is 1.73. The molecule has 0 aliphatic heterocycles. The normalized spacial score (nSPS) is 17.1. The molecule has 0 saturated heterocycles. The Morgan fingerprint density at radius 3 is 2.48 bits per heavy atom. The van der Waals surface area contributed by atoms with Crippen molar-refractivity contribution >= 4 is 23.2 Å². The first kappa shape index (κ1) is 15.9. The van der Waals surface area contributed by atoms with E-state index in [0.29, 0.717) is 0 Å². The molecule has 1 saturated carbocycles. The zero-order valence-electron chi connectivity index (χ0n) is 11.2. The zero-order chi connectivity index (χ0) is 15.5. The standard InChI is InChI=1S/C13H16ClF3N4/c14-9-5-8(13(15,16)17)6-11(7-9)20-12(21-18)19-10-3-1-2-4-10/h5-7,10H,1-4,18H2,(H2,19,20,21). The molecule has 0 unspecified atom stereocenters. The van der Waals surface area contributed by atoms with Gasteiger partial charge < -0.3 is 5.32 Å². The lowest BCUT2D eigenvalue weighted by Gasteiger charge is -2.14. The van der Waals surface area contributed by atoms with Gasteiger partial charge in [0.2, 0.25) is 5.96 Å². The van der Waals surface area contributed by atoms with Crippen molar-refractivity contribution in [2.24, 2.45) is 10.8 Å². The number of hydrogen-bond donors (Lipinski definition) is 3. The fraction of sp³-hybridized carbons (Fsp3) is 0.462. The summed E-state index contributed by atoms with van der Waals surface area (Å²) in [5, 5.41) is 2.73. The number of nitrogens with two attached hydrogens (primary N) is 1. The first-order chi connectivity index (χ1) is 9.88. The van der Waals surface area contributed by atoms with Crippen molar-refractivity contribution in [3.05, 3.63) is 28.8 Å². The van der Waals surface area contributed by atoms with Crippen LogP contribution in [0.5, 0.6) is 0 Å². The summed E-state index contributed by atoms with van der Waals surface area (Å²) >= 11 is 5.72. The molecule has 1 aliphatic carbocycles. The summed E-state index contributed by atoms with van der Waals surface area (Å²) in [4.78, 5) is 4.36. The number of hydrogen-bond acceptors (Lipinski definition) is 2. The van der Waals surface area contributed by atoms with Crippen LogP contribution in [0.3, 0.4) is 0 Å². The molecule has 8 heteroatoms. The zero-order valence-corrected chi connectivity index (χ0v) is 11.9. The maximum atomic E-state index is 12.7. The predicted molar refractivity (Wildman–Crippen MR) is 77.1 cm³/mol. The Morgan fingerprint density at radius 2 is 1.90 bits per heavy atom. The molecule has 0 heterocycles. The quantitative estimate of drug-likeness (QED) is 0.338. The summed E-state index contributed by atoms with van der Waals surface area (Å²) in [5.74, 6) is 5.60. The van der Waals surface area contributed by atoms with Crippen LogP contribution in [0, 0.1) is 0 Å². The maximum Gasteiger partial charge on any atom is 0.416 e. The molecule has 21 heavy (non-hydrogen) atoms. The van der Waals surface area contributed by atoms with Gasteiger partial charge in [0.05, 0.1) is 11.6 Å². The average molecular weight is 321 g/mol. The lowest BCUT2D eigenvalue weighted by atomic mass is 10.2. The third-order valence-corrected chi connectivity index (χ3v) is 3.48. The van der Waals surface area contributed by atoms with Gasteiger partial charge in [0, 0.05) is 10.7 Å². The summed E-state index contributed by atoms with van der Waals surface area (Å²) in [7, 11) is 0. The van der Waals surface area contributed by atoms with E-state index >= 15 is 0 Å². The molecule has 0 aromatic heterocycles. The summed E-state index contributed by atoms with van der Waals surface area (Å²) in [6.07, 6.45) is -0.352. The predicted octanol–water partition coefficient (Wildman–Crippen LogP) is 3.53. The molecule has 1 aromatic rings. The minimum atomic E-state index is -4.46. The van der Waals surface area contributed by atoms with E-state index in [4.69, 9.17) is 17.4 Å². The number of rotatable bonds is 2. The molecule has 1 aliphatic rings. The minimum Gasteiger partial charge on any atom is -0.325 e. The van der Waals surface area contributed by atoms with Crippen LogP contribution in [-0.4, -0.2) is 12.0 Å². The van der Waals surface area contributed by atoms with Crippen LogP contribution < -0.4 is 16.6 Å². The molecular weight excluding hydrogens is 305 g/mol. The molecule has 4 N–H and O–H groups in total. The molecule has 1 aromatic carbocycles. The van der Waals surface area contributed by atoms with Gasteiger partial charge in [-0.3, -0.25) is 5.43 Å². The van der Waals surface area contributed by atoms with Gasteiger partial charge in [-0.1, -0.05) is 24.4 Å². The monoisotopic (exact) mass is 320 g/mol. The highest BCUT2D eigenvalue weighted by molar-refractivity contribution is 6.31. The number of anilines is 1. The first-order valence-corrected chi connectivity index (χ1v) is 6.95. The Labute approximate surface area is 125 Å². The maximum absolute atomic E-state index is 12.7. The van der Waals surface area contributed by atoms with Crippen LogP contribution in [-0.2, 0) is 6.18 Å². The van der Waals surface area contributed by atoms with E-state index in [1.807, 2.05) is 0 Å². The van der Waals surface area contributed by atoms with Crippen molar-refractivity contribution in [3.63, 3.8) is 0 Å². The molecular formula is C13H16ClF3N4. The van der Waals surface area contributed by atoms with Crippen LogP contribution in [0.25, 0.3) is 0 Å². The summed E-state index contributed by atoms with van der Waals surface area (Å²) < 4.78 is 38.2. The van der Waals surface area contributed by atoms with E-state index in [1.165, 1.54) is 6.07 Å². The lowest BCUT2D eigenvalue weighted by molar-refractivity contribution is -0.137. The van der Waals surface area contributed by atoms with Gasteiger partial charge in [-0.15, -0.1) is 0 Å². The molecule has 2 rings (SSSR count). The molecule has 116 valence electrons. The summed E-state index contributed by atoms with van der Waals surface area (Å²) in [6, 6.07) is 3.37. The number of guanidine groups is 1. The molecule has 0 radical (unpaired) electrons. The van der Waals surface area contributed by atoms with Gasteiger partial charge in [-0.2, -0.15) is 13.2 Å². The van der Waals surface area contributed by atoms with E-state index < -0.39 is 11.7 Å². The fourth-order valence-corrected chi connectivity index (χ4v) is 2.52. The van der Waals surface area contributed by atoms with Crippen molar-refractivity contribution in [3.8, 4) is 0 Å². The Bertz CT molecular complexity index is 525. The van der Waals surface area contributed by atoms with Gasteiger partial charge in [-0.05, 0) is 31.0 Å².